The molecule has 0 radical (unpaired) electrons. The summed E-state index contributed by atoms with van der Waals surface area (Å²) in [6.45, 7) is 1.75. The summed E-state index contributed by atoms with van der Waals surface area (Å²) >= 11 is 5.53. The van der Waals surface area contributed by atoms with Gasteiger partial charge in [-0.1, -0.05) is 6.07 Å². The highest BCUT2D eigenvalue weighted by molar-refractivity contribution is 7.80. The Morgan fingerprint density at radius 2 is 1.83 bits per heavy atom. The number of carbonyl (C=O) groups is 1. The van der Waals surface area contributed by atoms with Gasteiger partial charge in [0.2, 0.25) is 0 Å². The van der Waals surface area contributed by atoms with Gasteiger partial charge in [0.25, 0.3) is 5.91 Å². The van der Waals surface area contributed by atoms with Crippen molar-refractivity contribution in [3.63, 3.8) is 0 Å². The second-order valence-corrected chi connectivity index (χ2v) is 7.17. The van der Waals surface area contributed by atoms with Gasteiger partial charge in [-0.15, -0.1) is 0 Å². The van der Waals surface area contributed by atoms with Crippen molar-refractivity contribution in [3.05, 3.63) is 70.9 Å². The zero-order valence-electron chi connectivity index (χ0n) is 16.5. The molecule has 1 aliphatic rings. The van der Waals surface area contributed by atoms with E-state index in [2.05, 4.69) is 5.32 Å². The van der Waals surface area contributed by atoms with Crippen molar-refractivity contribution < 1.29 is 18.3 Å². The van der Waals surface area contributed by atoms with E-state index in [1.807, 2.05) is 12.1 Å². The number of benzene rings is 2. The van der Waals surface area contributed by atoms with Crippen molar-refractivity contribution in [2.24, 2.45) is 0 Å². The van der Waals surface area contributed by atoms with Crippen molar-refractivity contribution in [2.75, 3.05) is 26.1 Å². The fourth-order valence-electron chi connectivity index (χ4n) is 3.27. The quantitative estimate of drug-likeness (QED) is 0.768. The van der Waals surface area contributed by atoms with Crippen molar-refractivity contribution >= 4 is 28.9 Å². The first-order valence-electron chi connectivity index (χ1n) is 8.86. The number of nitrogens with one attached hydrogen (secondary N) is 1. The molecule has 0 aromatic heterocycles. The molecule has 0 saturated carbocycles. The van der Waals surface area contributed by atoms with E-state index >= 15 is 0 Å². The molecular formula is C21H21F2N3O2S. The van der Waals surface area contributed by atoms with Crippen LogP contribution in [0.15, 0.2) is 53.7 Å². The fraction of sp³-hybridized carbons (Fsp3) is 0.238. The Morgan fingerprint density at radius 3 is 2.38 bits per heavy atom. The minimum absolute atomic E-state index is 0.146. The monoisotopic (exact) mass is 417 g/mol. The summed E-state index contributed by atoms with van der Waals surface area (Å²) in [5.41, 5.74) is 1.76. The summed E-state index contributed by atoms with van der Waals surface area (Å²) in [4.78, 5) is 16.1. The van der Waals surface area contributed by atoms with Gasteiger partial charge >= 0.3 is 0 Å². The first-order valence-corrected chi connectivity index (χ1v) is 9.27. The van der Waals surface area contributed by atoms with Crippen LogP contribution in [-0.4, -0.2) is 37.1 Å². The van der Waals surface area contributed by atoms with E-state index in [0.29, 0.717) is 22.1 Å². The number of ether oxygens (including phenoxy) is 1. The van der Waals surface area contributed by atoms with Crippen LogP contribution in [0.4, 0.5) is 14.5 Å². The van der Waals surface area contributed by atoms with Crippen LogP contribution in [0.25, 0.3) is 0 Å². The second-order valence-electron chi connectivity index (χ2n) is 6.78. The number of thiocarbonyl (C=S) groups is 1. The van der Waals surface area contributed by atoms with Crippen molar-refractivity contribution in [3.8, 4) is 5.75 Å². The van der Waals surface area contributed by atoms with E-state index in [9.17, 15) is 13.6 Å². The summed E-state index contributed by atoms with van der Waals surface area (Å²) < 4.78 is 33.1. The molecule has 1 atom stereocenters. The minimum Gasteiger partial charge on any atom is -0.497 e. The number of halogens is 2. The van der Waals surface area contributed by atoms with Crippen molar-refractivity contribution in [1.82, 2.24) is 10.2 Å². The van der Waals surface area contributed by atoms with Crippen molar-refractivity contribution in [2.45, 2.75) is 13.0 Å². The van der Waals surface area contributed by atoms with Crippen LogP contribution in [0.1, 0.15) is 18.5 Å². The molecule has 3 rings (SSSR count). The molecule has 1 N–H and O–H groups in total. The number of methoxy groups -OCH3 is 1. The minimum atomic E-state index is -0.840. The largest absolute Gasteiger partial charge is 0.497 e. The maximum atomic E-state index is 14.5. The molecule has 1 heterocycles. The standard InChI is InChI=1S/C21H21F2N3O2S/c1-12-18(20(27)25(2)3)19(16-10-5-13(22)11-17(16)23)24-21(29)26(12)14-6-8-15(28-4)9-7-14/h5-11,19H,1-4H3,(H,24,29)/t19-/m1/s1. The number of amides is 1. The highest BCUT2D eigenvalue weighted by Gasteiger charge is 2.36. The Morgan fingerprint density at radius 1 is 1.17 bits per heavy atom. The third-order valence-electron chi connectivity index (χ3n) is 4.73. The van der Waals surface area contributed by atoms with Crippen LogP contribution in [0.5, 0.6) is 5.75 Å². The van der Waals surface area contributed by atoms with E-state index in [1.165, 1.54) is 11.0 Å². The Bertz CT molecular complexity index is 990. The molecular weight excluding hydrogens is 396 g/mol. The molecule has 0 fully saturated rings. The van der Waals surface area contributed by atoms with Crippen LogP contribution in [0.3, 0.4) is 0 Å². The zero-order chi connectivity index (χ0) is 21.3. The SMILES string of the molecule is COc1ccc(N2C(=S)N[C@H](c3ccc(F)cc3F)C(C(=O)N(C)C)=C2C)cc1. The molecule has 1 aliphatic heterocycles. The number of allylic oxidation sites excluding steroid dienone is 1. The number of anilines is 1. The number of carbonyl (C=O) groups excluding carboxylic acids is 1. The first kappa shape index (κ1) is 20.7. The number of rotatable bonds is 4. The topological polar surface area (TPSA) is 44.8 Å². The maximum absolute atomic E-state index is 14.5. The molecule has 152 valence electrons. The molecule has 1 amide bonds. The summed E-state index contributed by atoms with van der Waals surface area (Å²) in [6, 6.07) is 9.63. The number of hydrogen-bond donors (Lipinski definition) is 1. The van der Waals surface area contributed by atoms with Gasteiger partial charge in [-0.3, -0.25) is 9.69 Å². The average Bonchev–Trinajstić information content (AvgIpc) is 2.67. The molecule has 0 spiro atoms. The van der Waals surface area contributed by atoms with Crippen LogP contribution in [0.2, 0.25) is 0 Å². The zero-order valence-corrected chi connectivity index (χ0v) is 17.3. The number of nitrogens with zero attached hydrogens (tertiary/aromatic N) is 2. The summed E-state index contributed by atoms with van der Waals surface area (Å²) in [5, 5.41) is 3.35. The lowest BCUT2D eigenvalue weighted by Gasteiger charge is -2.38. The van der Waals surface area contributed by atoms with Gasteiger partial charge in [0.1, 0.15) is 17.4 Å². The van der Waals surface area contributed by atoms with Crippen LogP contribution in [0, 0.1) is 11.6 Å². The lowest BCUT2D eigenvalue weighted by atomic mass is 9.93. The predicted octanol–water partition coefficient (Wildman–Crippen LogP) is 3.77. The van der Waals surface area contributed by atoms with Gasteiger partial charge in [0.05, 0.1) is 18.7 Å². The molecule has 0 bridgehead atoms. The molecule has 0 unspecified atom stereocenters. The van der Waals surface area contributed by atoms with E-state index in [-0.39, 0.29) is 11.5 Å². The smallest absolute Gasteiger partial charge is 0.253 e. The normalized spacial score (nSPS) is 16.6. The second kappa shape index (κ2) is 8.16. The summed E-state index contributed by atoms with van der Waals surface area (Å²) in [6.07, 6.45) is 0. The average molecular weight is 417 g/mol. The third-order valence-corrected chi connectivity index (χ3v) is 5.03. The number of hydrogen-bond acceptors (Lipinski definition) is 3. The molecule has 2 aromatic carbocycles. The molecule has 0 saturated heterocycles. The lowest BCUT2D eigenvalue weighted by molar-refractivity contribution is -0.125. The highest BCUT2D eigenvalue weighted by Crippen LogP contribution is 2.35. The van der Waals surface area contributed by atoms with Gasteiger partial charge in [0.15, 0.2) is 5.11 Å². The lowest BCUT2D eigenvalue weighted by Crippen LogP contribution is -2.49. The summed E-state index contributed by atoms with van der Waals surface area (Å²) in [5.74, 6) is -1.06. The van der Waals surface area contributed by atoms with Gasteiger partial charge in [-0.2, -0.15) is 0 Å². The Hall–Kier alpha value is -3.00. The van der Waals surface area contributed by atoms with Crippen molar-refractivity contribution in [1.29, 1.82) is 0 Å². The van der Waals surface area contributed by atoms with Gasteiger partial charge in [-0.25, -0.2) is 8.78 Å². The third kappa shape index (κ3) is 3.93. The van der Waals surface area contributed by atoms with E-state index < -0.39 is 17.7 Å². The predicted molar refractivity (Wildman–Crippen MR) is 112 cm³/mol. The van der Waals surface area contributed by atoms with Crippen LogP contribution >= 0.6 is 12.2 Å². The van der Waals surface area contributed by atoms with E-state index in [1.54, 1.807) is 45.2 Å². The molecule has 8 heteroatoms. The number of likely N-dealkylation sites (N-methyl/N-ethyl adjacent to an activating group) is 1. The highest BCUT2D eigenvalue weighted by atomic mass is 32.1. The fourth-order valence-corrected chi connectivity index (χ4v) is 3.63. The van der Waals surface area contributed by atoms with E-state index in [4.69, 9.17) is 17.0 Å². The Balaban J connectivity index is 2.16. The molecule has 29 heavy (non-hydrogen) atoms. The molecule has 5 nitrogen and oxygen atoms in total. The first-order chi connectivity index (χ1) is 13.7. The Labute approximate surface area is 173 Å². The maximum Gasteiger partial charge on any atom is 0.253 e. The van der Waals surface area contributed by atoms with Gasteiger partial charge < -0.3 is 15.0 Å². The van der Waals surface area contributed by atoms with Gasteiger partial charge in [0, 0.05) is 37.1 Å². The van der Waals surface area contributed by atoms with Crippen LogP contribution in [-0.2, 0) is 4.79 Å². The summed E-state index contributed by atoms with van der Waals surface area (Å²) in [7, 11) is 4.81. The molecule has 2 aromatic rings. The van der Waals surface area contributed by atoms with Gasteiger partial charge in [-0.05, 0) is 49.5 Å². The Kier molecular flexibility index (Phi) is 5.83. The van der Waals surface area contributed by atoms with Crippen LogP contribution < -0.4 is 15.0 Å². The molecule has 0 aliphatic carbocycles. The van der Waals surface area contributed by atoms with E-state index in [0.717, 1.165) is 17.8 Å².